The largest absolute Gasteiger partial charge is 0.340 e. The van der Waals surface area contributed by atoms with Gasteiger partial charge in [-0.15, -0.1) is 22.7 Å². The first-order chi connectivity index (χ1) is 20.3. The Morgan fingerprint density at radius 2 is 1.17 bits per heavy atom. The summed E-state index contributed by atoms with van der Waals surface area (Å²) >= 11 is 3.14. The number of imidazole rings is 2. The summed E-state index contributed by atoms with van der Waals surface area (Å²) in [6.45, 7) is 9.89. The maximum absolute atomic E-state index is 12.8. The fraction of sp³-hybridized carbons (Fsp3) is 0.533. The summed E-state index contributed by atoms with van der Waals surface area (Å²) in [5.74, 6) is 2.77. The summed E-state index contributed by atoms with van der Waals surface area (Å²) in [5.41, 5.74) is 1.81. The standard InChI is InChI=1S/C30H38N8O2S2/c1-17(2)11-25(39)37-9-5-7-21(37)27-31-13-19(35-27)23-15-33-29(41-23)30-34-16-24(42-30)20-14-32-28(36-20)22-8-6-10-38(22)26(40)12-18(3)4/h13-18,21-22H,5-12H2,1-4H3,(H,31,35)(H,32,36)/t21-,22-/m0/s1. The van der Waals surface area contributed by atoms with Gasteiger partial charge in [-0.1, -0.05) is 27.7 Å². The predicted molar refractivity (Wildman–Crippen MR) is 165 cm³/mol. The van der Waals surface area contributed by atoms with Gasteiger partial charge in [0.15, 0.2) is 10.0 Å². The smallest absolute Gasteiger partial charge is 0.223 e. The van der Waals surface area contributed by atoms with Crippen molar-refractivity contribution >= 4 is 34.5 Å². The molecule has 42 heavy (non-hydrogen) atoms. The molecule has 0 unspecified atom stereocenters. The number of thiazole rings is 2. The zero-order valence-electron chi connectivity index (χ0n) is 24.6. The van der Waals surface area contributed by atoms with Crippen molar-refractivity contribution in [1.29, 1.82) is 0 Å². The number of amides is 2. The van der Waals surface area contributed by atoms with Crippen LogP contribution in [-0.4, -0.2) is 64.6 Å². The molecule has 2 atom stereocenters. The second-order valence-corrected chi connectivity index (χ2v) is 14.2. The van der Waals surface area contributed by atoms with Crippen LogP contribution in [0.2, 0.25) is 0 Å². The van der Waals surface area contributed by atoms with Crippen LogP contribution in [0.4, 0.5) is 0 Å². The summed E-state index contributed by atoms with van der Waals surface area (Å²) in [7, 11) is 0. The number of aromatic nitrogens is 6. The second-order valence-electron chi connectivity index (χ2n) is 12.1. The van der Waals surface area contributed by atoms with E-state index in [4.69, 9.17) is 0 Å². The molecule has 12 heteroatoms. The Labute approximate surface area is 254 Å². The molecular weight excluding hydrogens is 569 g/mol. The minimum absolute atomic E-state index is 0.00264. The van der Waals surface area contributed by atoms with Crippen molar-refractivity contribution in [2.24, 2.45) is 11.8 Å². The van der Waals surface area contributed by atoms with E-state index in [0.717, 1.165) is 81.6 Å². The third-order valence-corrected chi connectivity index (χ3v) is 10.1. The summed E-state index contributed by atoms with van der Waals surface area (Å²) in [4.78, 5) is 57.0. The SMILES string of the molecule is CC(C)CC(=O)N1CCC[C@H]1c1ncc(-c2cnc(-c3ncc(-c4cnc([C@@H]5CCCN5C(=O)CC(C)C)[nH]4)s3)s2)[nH]1. The van der Waals surface area contributed by atoms with E-state index >= 15 is 0 Å². The maximum Gasteiger partial charge on any atom is 0.223 e. The number of nitrogens with zero attached hydrogens (tertiary/aromatic N) is 6. The highest BCUT2D eigenvalue weighted by atomic mass is 32.1. The molecule has 2 aliphatic rings. The van der Waals surface area contributed by atoms with Crippen molar-refractivity contribution in [2.45, 2.75) is 78.3 Å². The molecular formula is C30H38N8O2S2. The lowest BCUT2D eigenvalue weighted by atomic mass is 10.1. The van der Waals surface area contributed by atoms with Crippen molar-refractivity contribution < 1.29 is 9.59 Å². The Hall–Kier alpha value is -3.38. The Bertz CT molecular complexity index is 1430. The summed E-state index contributed by atoms with van der Waals surface area (Å²) in [6.07, 6.45) is 12.4. The minimum atomic E-state index is 0.00264. The molecule has 2 N–H and O–H groups in total. The average Bonchev–Trinajstić information content (AvgIpc) is 3.77. The summed E-state index contributed by atoms with van der Waals surface area (Å²) < 4.78 is 0. The molecule has 0 aliphatic carbocycles. The molecule has 0 bridgehead atoms. The summed E-state index contributed by atoms with van der Waals surface area (Å²) in [6, 6.07) is 0.00527. The molecule has 4 aromatic heterocycles. The highest BCUT2D eigenvalue weighted by molar-refractivity contribution is 7.24. The van der Waals surface area contributed by atoms with Crippen LogP contribution in [-0.2, 0) is 9.59 Å². The average molecular weight is 607 g/mol. The van der Waals surface area contributed by atoms with Gasteiger partial charge in [0.2, 0.25) is 11.8 Å². The fourth-order valence-corrected chi connectivity index (χ4v) is 7.69. The van der Waals surface area contributed by atoms with Gasteiger partial charge < -0.3 is 19.8 Å². The monoisotopic (exact) mass is 606 g/mol. The number of likely N-dealkylation sites (tertiary alicyclic amines) is 2. The Morgan fingerprint density at radius 3 is 1.57 bits per heavy atom. The van der Waals surface area contributed by atoms with Gasteiger partial charge in [0.05, 0.1) is 45.6 Å². The van der Waals surface area contributed by atoms with Gasteiger partial charge in [-0.3, -0.25) is 9.59 Å². The van der Waals surface area contributed by atoms with E-state index in [-0.39, 0.29) is 23.9 Å². The number of hydrogen-bond donors (Lipinski definition) is 2. The first kappa shape index (κ1) is 28.7. The van der Waals surface area contributed by atoms with E-state index in [1.165, 1.54) is 0 Å². The molecule has 0 radical (unpaired) electrons. The maximum atomic E-state index is 12.8. The van der Waals surface area contributed by atoms with Crippen molar-refractivity contribution in [2.75, 3.05) is 13.1 Å². The van der Waals surface area contributed by atoms with Gasteiger partial charge in [-0.25, -0.2) is 19.9 Å². The van der Waals surface area contributed by atoms with E-state index in [1.54, 1.807) is 22.7 Å². The molecule has 2 saturated heterocycles. The third kappa shape index (κ3) is 5.92. The van der Waals surface area contributed by atoms with Crippen LogP contribution in [0.5, 0.6) is 0 Å². The lowest BCUT2D eigenvalue weighted by Gasteiger charge is -2.24. The van der Waals surface area contributed by atoms with Gasteiger partial charge >= 0.3 is 0 Å². The number of H-pyrrole nitrogens is 2. The van der Waals surface area contributed by atoms with Crippen LogP contribution in [0.15, 0.2) is 24.8 Å². The lowest BCUT2D eigenvalue weighted by Crippen LogP contribution is -2.31. The third-order valence-electron chi connectivity index (χ3n) is 7.86. The molecule has 0 aromatic carbocycles. The molecule has 6 rings (SSSR count). The minimum Gasteiger partial charge on any atom is -0.340 e. The van der Waals surface area contributed by atoms with Crippen molar-refractivity contribution in [3.63, 3.8) is 0 Å². The number of rotatable bonds is 9. The van der Waals surface area contributed by atoms with Crippen molar-refractivity contribution in [1.82, 2.24) is 39.7 Å². The van der Waals surface area contributed by atoms with E-state index < -0.39 is 0 Å². The first-order valence-electron chi connectivity index (χ1n) is 14.9. The molecule has 2 aliphatic heterocycles. The van der Waals surface area contributed by atoms with Crippen LogP contribution >= 0.6 is 22.7 Å². The molecule has 2 fully saturated rings. The predicted octanol–water partition coefficient (Wildman–Crippen LogP) is 6.47. The molecule has 6 heterocycles. The van der Waals surface area contributed by atoms with Crippen molar-refractivity contribution in [3.8, 4) is 31.2 Å². The molecule has 222 valence electrons. The van der Waals surface area contributed by atoms with Gasteiger partial charge in [0.25, 0.3) is 0 Å². The van der Waals surface area contributed by atoms with E-state index in [9.17, 15) is 9.59 Å². The van der Waals surface area contributed by atoms with Gasteiger partial charge in [0.1, 0.15) is 11.6 Å². The Morgan fingerprint density at radius 1 is 0.738 bits per heavy atom. The van der Waals surface area contributed by atoms with E-state index in [0.29, 0.717) is 24.7 Å². The quantitative estimate of drug-likeness (QED) is 0.225. The Balaban J connectivity index is 1.14. The molecule has 4 aromatic rings. The van der Waals surface area contributed by atoms with Gasteiger partial charge in [-0.05, 0) is 37.5 Å². The fourth-order valence-electron chi connectivity index (χ4n) is 5.89. The van der Waals surface area contributed by atoms with Crippen LogP contribution in [0.3, 0.4) is 0 Å². The lowest BCUT2D eigenvalue weighted by molar-refractivity contribution is -0.133. The zero-order chi connectivity index (χ0) is 29.4. The normalized spacial score (nSPS) is 19.1. The Kier molecular flexibility index (Phi) is 8.26. The van der Waals surface area contributed by atoms with Gasteiger partial charge in [-0.2, -0.15) is 0 Å². The number of hydrogen-bond acceptors (Lipinski definition) is 8. The van der Waals surface area contributed by atoms with Crippen LogP contribution < -0.4 is 0 Å². The number of carbonyl (C=O) groups is 2. The number of nitrogens with one attached hydrogen (secondary N) is 2. The highest BCUT2D eigenvalue weighted by Crippen LogP contribution is 2.38. The first-order valence-corrected chi connectivity index (χ1v) is 16.5. The second kappa shape index (κ2) is 12.1. The van der Waals surface area contributed by atoms with Crippen LogP contribution in [0, 0.1) is 11.8 Å². The van der Waals surface area contributed by atoms with Crippen LogP contribution in [0.25, 0.3) is 31.2 Å². The molecule has 10 nitrogen and oxygen atoms in total. The summed E-state index contributed by atoms with van der Waals surface area (Å²) in [5, 5.41) is 1.68. The van der Waals surface area contributed by atoms with Gasteiger partial charge in [0, 0.05) is 38.3 Å². The van der Waals surface area contributed by atoms with Crippen molar-refractivity contribution in [3.05, 3.63) is 36.4 Å². The number of aromatic amines is 2. The number of carbonyl (C=O) groups excluding carboxylic acids is 2. The molecule has 2 amide bonds. The molecule has 0 spiro atoms. The molecule has 0 saturated carbocycles. The van der Waals surface area contributed by atoms with E-state index in [1.807, 2.05) is 34.6 Å². The highest BCUT2D eigenvalue weighted by Gasteiger charge is 2.33. The zero-order valence-corrected chi connectivity index (χ0v) is 26.2. The van der Waals surface area contributed by atoms with E-state index in [2.05, 4.69) is 57.6 Å². The topological polar surface area (TPSA) is 124 Å². The van der Waals surface area contributed by atoms with Crippen LogP contribution in [0.1, 0.15) is 90.0 Å².